The summed E-state index contributed by atoms with van der Waals surface area (Å²) in [5.74, 6) is -0.346. The summed E-state index contributed by atoms with van der Waals surface area (Å²) in [4.78, 5) is 25.6. The number of aromatic carboxylic acids is 1. The van der Waals surface area contributed by atoms with E-state index < -0.39 is 5.97 Å². The average Bonchev–Trinajstić information content (AvgIpc) is 3.02. The highest BCUT2D eigenvalue weighted by Crippen LogP contribution is 2.33. The van der Waals surface area contributed by atoms with Crippen LogP contribution in [0.2, 0.25) is 0 Å². The smallest absolute Gasteiger partial charge is 0.335 e. The second-order valence-electron chi connectivity index (χ2n) is 7.19. The zero-order valence-corrected chi connectivity index (χ0v) is 15.3. The van der Waals surface area contributed by atoms with Crippen LogP contribution in [0.5, 0.6) is 0 Å². The van der Waals surface area contributed by atoms with Gasteiger partial charge in [0.1, 0.15) is 0 Å². The number of likely N-dealkylation sites (tertiary alicyclic amines) is 1. The highest BCUT2D eigenvalue weighted by atomic mass is 16.4. The Morgan fingerprint density at radius 3 is 2.46 bits per heavy atom. The molecule has 0 aliphatic carbocycles. The number of aryl methyl sites for hydroxylation is 2. The first-order chi connectivity index (χ1) is 12.5. The minimum Gasteiger partial charge on any atom is -0.478 e. The van der Waals surface area contributed by atoms with E-state index in [0.717, 1.165) is 18.5 Å². The van der Waals surface area contributed by atoms with Gasteiger partial charge in [0.05, 0.1) is 5.56 Å². The molecule has 1 heterocycles. The zero-order chi connectivity index (χ0) is 18.7. The van der Waals surface area contributed by atoms with Crippen molar-refractivity contribution in [2.24, 2.45) is 0 Å². The fourth-order valence-corrected chi connectivity index (χ4v) is 3.86. The second kappa shape index (κ2) is 7.73. The number of amides is 1. The van der Waals surface area contributed by atoms with Crippen molar-refractivity contribution in [3.8, 4) is 0 Å². The SMILES string of the molecule is Cc1ccccc1C1CC(C)N(C(=O)CCc2ccc(C(=O)O)cc2)C1. The molecule has 1 N–H and O–H groups in total. The van der Waals surface area contributed by atoms with Crippen LogP contribution in [0, 0.1) is 6.92 Å². The lowest BCUT2D eigenvalue weighted by Gasteiger charge is -2.21. The number of carbonyl (C=O) groups excluding carboxylic acids is 1. The van der Waals surface area contributed by atoms with Crippen LogP contribution in [-0.4, -0.2) is 34.5 Å². The van der Waals surface area contributed by atoms with E-state index in [2.05, 4.69) is 38.1 Å². The minimum atomic E-state index is -0.930. The van der Waals surface area contributed by atoms with Gasteiger partial charge in [0, 0.05) is 24.9 Å². The summed E-state index contributed by atoms with van der Waals surface area (Å²) in [5, 5.41) is 8.94. The lowest BCUT2D eigenvalue weighted by atomic mass is 9.93. The third-order valence-electron chi connectivity index (χ3n) is 5.35. The van der Waals surface area contributed by atoms with Crippen LogP contribution in [0.3, 0.4) is 0 Å². The van der Waals surface area contributed by atoms with E-state index >= 15 is 0 Å². The Kier molecular flexibility index (Phi) is 5.40. The summed E-state index contributed by atoms with van der Waals surface area (Å²) in [6.45, 7) is 5.03. The van der Waals surface area contributed by atoms with Crippen LogP contribution < -0.4 is 0 Å². The molecule has 2 aromatic carbocycles. The molecule has 136 valence electrons. The summed E-state index contributed by atoms with van der Waals surface area (Å²) >= 11 is 0. The van der Waals surface area contributed by atoms with Gasteiger partial charge in [-0.1, -0.05) is 36.4 Å². The molecule has 0 saturated carbocycles. The number of hydrogen-bond donors (Lipinski definition) is 1. The number of carbonyl (C=O) groups is 2. The number of carboxylic acids is 1. The summed E-state index contributed by atoms with van der Waals surface area (Å²) in [6.07, 6.45) is 2.10. The molecule has 26 heavy (non-hydrogen) atoms. The van der Waals surface area contributed by atoms with Crippen LogP contribution in [0.15, 0.2) is 48.5 Å². The molecule has 0 radical (unpaired) electrons. The topological polar surface area (TPSA) is 57.6 Å². The number of rotatable bonds is 5. The fourth-order valence-electron chi connectivity index (χ4n) is 3.86. The van der Waals surface area contributed by atoms with Gasteiger partial charge in [-0.2, -0.15) is 0 Å². The van der Waals surface area contributed by atoms with Gasteiger partial charge in [-0.3, -0.25) is 4.79 Å². The van der Waals surface area contributed by atoms with Gasteiger partial charge in [0.25, 0.3) is 0 Å². The minimum absolute atomic E-state index is 0.177. The van der Waals surface area contributed by atoms with E-state index in [1.54, 1.807) is 24.3 Å². The molecule has 4 heteroatoms. The van der Waals surface area contributed by atoms with Crippen LogP contribution in [0.1, 0.15) is 52.7 Å². The molecule has 4 nitrogen and oxygen atoms in total. The second-order valence-corrected chi connectivity index (χ2v) is 7.19. The number of hydrogen-bond acceptors (Lipinski definition) is 2. The maximum absolute atomic E-state index is 12.7. The van der Waals surface area contributed by atoms with Crippen LogP contribution in [0.4, 0.5) is 0 Å². The van der Waals surface area contributed by atoms with Gasteiger partial charge >= 0.3 is 5.97 Å². The molecule has 1 aliphatic rings. The van der Waals surface area contributed by atoms with E-state index in [9.17, 15) is 9.59 Å². The van der Waals surface area contributed by atoms with Gasteiger partial charge in [-0.15, -0.1) is 0 Å². The third-order valence-corrected chi connectivity index (χ3v) is 5.35. The maximum atomic E-state index is 12.7. The summed E-state index contributed by atoms with van der Waals surface area (Å²) in [5.41, 5.74) is 3.90. The lowest BCUT2D eigenvalue weighted by Crippen LogP contribution is -2.34. The lowest BCUT2D eigenvalue weighted by molar-refractivity contribution is -0.131. The van der Waals surface area contributed by atoms with Crippen LogP contribution in [-0.2, 0) is 11.2 Å². The summed E-state index contributed by atoms with van der Waals surface area (Å²) < 4.78 is 0. The first kappa shape index (κ1) is 18.2. The molecule has 0 aromatic heterocycles. The number of benzene rings is 2. The van der Waals surface area contributed by atoms with Gasteiger partial charge in [-0.25, -0.2) is 4.79 Å². The van der Waals surface area contributed by atoms with Crippen molar-refractivity contribution in [3.05, 3.63) is 70.8 Å². The Morgan fingerprint density at radius 1 is 1.12 bits per heavy atom. The number of carboxylic acid groups (broad SMARTS) is 1. The van der Waals surface area contributed by atoms with E-state index in [4.69, 9.17) is 5.11 Å². The van der Waals surface area contributed by atoms with Crippen molar-refractivity contribution in [1.29, 1.82) is 0 Å². The molecule has 3 rings (SSSR count). The Balaban J connectivity index is 1.59. The van der Waals surface area contributed by atoms with Gasteiger partial charge in [0.2, 0.25) is 5.91 Å². The average molecular weight is 351 g/mol. The van der Waals surface area contributed by atoms with Gasteiger partial charge < -0.3 is 10.0 Å². The quantitative estimate of drug-likeness (QED) is 0.885. The molecule has 0 bridgehead atoms. The Labute approximate surface area is 154 Å². The van der Waals surface area contributed by atoms with Gasteiger partial charge in [-0.05, 0) is 55.5 Å². The fraction of sp³-hybridized carbons (Fsp3) is 0.364. The van der Waals surface area contributed by atoms with Crippen LogP contribution >= 0.6 is 0 Å². The molecular formula is C22H25NO3. The summed E-state index contributed by atoms with van der Waals surface area (Å²) in [6, 6.07) is 15.4. The third kappa shape index (κ3) is 3.96. The first-order valence-corrected chi connectivity index (χ1v) is 9.13. The monoisotopic (exact) mass is 351 g/mol. The molecule has 2 aromatic rings. The molecule has 2 atom stereocenters. The van der Waals surface area contributed by atoms with Crippen LogP contribution in [0.25, 0.3) is 0 Å². The Bertz CT molecular complexity index is 797. The maximum Gasteiger partial charge on any atom is 0.335 e. The zero-order valence-electron chi connectivity index (χ0n) is 15.3. The summed E-state index contributed by atoms with van der Waals surface area (Å²) in [7, 11) is 0. The normalized spacial score (nSPS) is 19.5. The highest BCUT2D eigenvalue weighted by molar-refractivity contribution is 5.87. The molecule has 0 spiro atoms. The molecular weight excluding hydrogens is 326 g/mol. The standard InChI is InChI=1S/C22H25NO3/c1-15-5-3-4-6-20(15)19-13-16(2)23(14-19)21(24)12-9-17-7-10-18(11-8-17)22(25)26/h3-8,10-11,16,19H,9,12-14H2,1-2H3,(H,25,26). The highest BCUT2D eigenvalue weighted by Gasteiger charge is 2.33. The molecule has 1 fully saturated rings. The first-order valence-electron chi connectivity index (χ1n) is 9.13. The molecule has 1 amide bonds. The predicted molar refractivity (Wildman–Crippen MR) is 101 cm³/mol. The van der Waals surface area contributed by atoms with Crippen molar-refractivity contribution in [2.75, 3.05) is 6.54 Å². The van der Waals surface area contributed by atoms with Crippen molar-refractivity contribution < 1.29 is 14.7 Å². The largest absolute Gasteiger partial charge is 0.478 e. The van der Waals surface area contributed by atoms with E-state index in [1.165, 1.54) is 11.1 Å². The Morgan fingerprint density at radius 2 is 1.81 bits per heavy atom. The molecule has 2 unspecified atom stereocenters. The van der Waals surface area contributed by atoms with Crippen molar-refractivity contribution in [1.82, 2.24) is 4.90 Å². The predicted octanol–water partition coefficient (Wildman–Crippen LogP) is 4.03. The molecule has 1 aliphatic heterocycles. The van der Waals surface area contributed by atoms with E-state index in [-0.39, 0.29) is 17.5 Å². The van der Waals surface area contributed by atoms with Gasteiger partial charge in [0.15, 0.2) is 0 Å². The van der Waals surface area contributed by atoms with Crippen molar-refractivity contribution >= 4 is 11.9 Å². The Hall–Kier alpha value is -2.62. The van der Waals surface area contributed by atoms with E-state index in [1.807, 2.05) is 4.90 Å². The van der Waals surface area contributed by atoms with Crippen molar-refractivity contribution in [3.63, 3.8) is 0 Å². The van der Waals surface area contributed by atoms with Crippen molar-refractivity contribution in [2.45, 2.75) is 45.1 Å². The molecule has 1 saturated heterocycles. The van der Waals surface area contributed by atoms with E-state index in [0.29, 0.717) is 18.8 Å². The number of nitrogens with zero attached hydrogens (tertiary/aromatic N) is 1.